The third kappa shape index (κ3) is 6.02. The molecule has 0 aliphatic carbocycles. The average Bonchev–Trinajstić information content (AvgIpc) is 3.24. The minimum Gasteiger partial charge on any atom is -0.493 e. The first-order chi connectivity index (χ1) is 19.1. The third-order valence-corrected chi connectivity index (χ3v) is 8.18. The smallest absolute Gasteiger partial charge is 0.264 e. The number of anilines is 1. The molecule has 0 saturated heterocycles. The lowest BCUT2D eigenvalue weighted by atomic mass is 10.2. The fourth-order valence-corrected chi connectivity index (χ4v) is 5.87. The topological polar surface area (TPSA) is 102 Å². The fraction of sp³-hybridized carbons (Fsp3) is 0.200. The summed E-state index contributed by atoms with van der Waals surface area (Å²) in [4.78, 5) is 13.0. The quantitative estimate of drug-likeness (QED) is 0.223. The first-order valence-electron chi connectivity index (χ1n) is 12.5. The maximum Gasteiger partial charge on any atom is 0.264 e. The van der Waals surface area contributed by atoms with E-state index in [-0.39, 0.29) is 10.6 Å². The Bertz CT molecular complexity index is 1650. The molecule has 0 saturated carbocycles. The number of amides is 1. The molecule has 1 heterocycles. The van der Waals surface area contributed by atoms with Crippen LogP contribution in [0.2, 0.25) is 0 Å². The Balaban J connectivity index is 1.59. The number of carbonyl (C=O) groups excluding carboxylic acids is 1. The van der Waals surface area contributed by atoms with Crippen LogP contribution in [0.5, 0.6) is 11.5 Å². The van der Waals surface area contributed by atoms with Crippen molar-refractivity contribution in [1.29, 1.82) is 0 Å². The van der Waals surface area contributed by atoms with E-state index in [0.717, 1.165) is 32.5 Å². The molecular weight excluding hydrogens is 528 g/mol. The van der Waals surface area contributed by atoms with E-state index in [1.165, 1.54) is 32.4 Å². The molecule has 40 heavy (non-hydrogen) atoms. The maximum atomic E-state index is 13.6. The van der Waals surface area contributed by atoms with Gasteiger partial charge < -0.3 is 14.0 Å². The molecule has 0 fully saturated rings. The molecule has 3 aromatic carbocycles. The van der Waals surface area contributed by atoms with Gasteiger partial charge in [0.15, 0.2) is 11.5 Å². The molecule has 0 atom stereocenters. The lowest BCUT2D eigenvalue weighted by molar-refractivity contribution is -0.119. The second-order valence-corrected chi connectivity index (χ2v) is 11.0. The molecule has 1 amide bonds. The van der Waals surface area contributed by atoms with Gasteiger partial charge in [0.2, 0.25) is 0 Å². The van der Waals surface area contributed by atoms with Gasteiger partial charge in [0.05, 0.1) is 31.0 Å². The molecule has 9 nitrogen and oxygen atoms in total. The zero-order valence-corrected chi connectivity index (χ0v) is 23.9. The van der Waals surface area contributed by atoms with E-state index in [4.69, 9.17) is 9.47 Å². The number of methoxy groups -OCH3 is 2. The molecule has 1 N–H and O–H groups in total. The average molecular weight is 561 g/mol. The predicted octanol–water partition coefficient (Wildman–Crippen LogP) is 4.77. The summed E-state index contributed by atoms with van der Waals surface area (Å²) in [7, 11) is -1.15. The zero-order valence-electron chi connectivity index (χ0n) is 23.1. The van der Waals surface area contributed by atoms with Gasteiger partial charge in [-0.1, -0.05) is 30.3 Å². The standard InChI is InChI=1S/C30H32N4O5S/c1-21-10-9-11-26(16-21)34-22(2)17-24(23(34)3)19-31-32-30(35)20-33(40(36,37)27-12-7-6-8-13-27)25-14-15-28(38-4)29(18-25)39-5/h6-19H,20H2,1-5H3,(H,32,35)/b31-19-. The highest BCUT2D eigenvalue weighted by molar-refractivity contribution is 7.92. The summed E-state index contributed by atoms with van der Waals surface area (Å²) < 4.78 is 40.9. The van der Waals surface area contributed by atoms with Gasteiger partial charge in [0.1, 0.15) is 6.54 Å². The van der Waals surface area contributed by atoms with Gasteiger partial charge >= 0.3 is 0 Å². The minimum absolute atomic E-state index is 0.0460. The minimum atomic E-state index is -4.09. The van der Waals surface area contributed by atoms with E-state index >= 15 is 0 Å². The molecule has 10 heteroatoms. The summed E-state index contributed by atoms with van der Waals surface area (Å²) >= 11 is 0. The van der Waals surface area contributed by atoms with Crippen LogP contribution in [0, 0.1) is 20.8 Å². The first-order valence-corrected chi connectivity index (χ1v) is 14.0. The summed E-state index contributed by atoms with van der Waals surface area (Å²) in [5.74, 6) is 0.148. The number of nitrogens with zero attached hydrogens (tertiary/aromatic N) is 3. The van der Waals surface area contributed by atoms with Crippen molar-refractivity contribution in [3.05, 3.63) is 101 Å². The summed E-state index contributed by atoms with van der Waals surface area (Å²) in [6.07, 6.45) is 1.55. The Kier molecular flexibility index (Phi) is 8.59. The van der Waals surface area contributed by atoms with Crippen molar-refractivity contribution in [3.8, 4) is 17.2 Å². The molecule has 0 spiro atoms. The Hall–Kier alpha value is -4.57. The molecule has 0 aliphatic heterocycles. The summed E-state index contributed by atoms with van der Waals surface area (Å²) in [5, 5.41) is 4.13. The van der Waals surface area contributed by atoms with Gasteiger partial charge in [-0.25, -0.2) is 13.8 Å². The molecule has 0 radical (unpaired) electrons. The number of nitrogens with one attached hydrogen (secondary N) is 1. The van der Waals surface area contributed by atoms with E-state index in [1.54, 1.807) is 36.5 Å². The lowest BCUT2D eigenvalue weighted by Crippen LogP contribution is -2.39. The van der Waals surface area contributed by atoms with Crippen molar-refractivity contribution in [2.75, 3.05) is 25.1 Å². The summed E-state index contributed by atoms with van der Waals surface area (Å²) in [5.41, 5.74) is 7.70. The van der Waals surface area contributed by atoms with Crippen LogP contribution in [0.3, 0.4) is 0 Å². The Labute approximate surface area is 234 Å². The maximum absolute atomic E-state index is 13.6. The van der Waals surface area contributed by atoms with E-state index < -0.39 is 22.5 Å². The number of rotatable bonds is 10. The number of hydrogen-bond donors (Lipinski definition) is 1. The van der Waals surface area contributed by atoms with E-state index in [2.05, 4.69) is 21.2 Å². The lowest BCUT2D eigenvalue weighted by Gasteiger charge is -2.24. The SMILES string of the molecule is COc1ccc(N(CC(=O)N/N=C\c2cc(C)n(-c3cccc(C)c3)c2C)S(=O)(=O)c2ccccc2)cc1OC. The van der Waals surface area contributed by atoms with Crippen LogP contribution in [0.15, 0.2) is 88.9 Å². The van der Waals surface area contributed by atoms with E-state index in [1.807, 2.05) is 45.0 Å². The van der Waals surface area contributed by atoms with Crippen molar-refractivity contribution in [2.24, 2.45) is 5.10 Å². The number of benzene rings is 3. The molecule has 1 aromatic heterocycles. The number of aromatic nitrogens is 1. The van der Waals surface area contributed by atoms with Crippen molar-refractivity contribution < 1.29 is 22.7 Å². The second-order valence-electron chi connectivity index (χ2n) is 9.16. The number of hydrogen-bond acceptors (Lipinski definition) is 6. The Morgan fingerprint density at radius 1 is 0.925 bits per heavy atom. The number of hydrazone groups is 1. The van der Waals surface area contributed by atoms with Crippen LogP contribution in [-0.2, 0) is 14.8 Å². The zero-order chi connectivity index (χ0) is 28.9. The number of aryl methyl sites for hydroxylation is 2. The van der Waals surface area contributed by atoms with Crippen molar-refractivity contribution in [1.82, 2.24) is 9.99 Å². The van der Waals surface area contributed by atoms with Crippen LogP contribution in [0.1, 0.15) is 22.5 Å². The van der Waals surface area contributed by atoms with Gasteiger partial charge in [0, 0.05) is 28.7 Å². The molecule has 0 bridgehead atoms. The van der Waals surface area contributed by atoms with Crippen LogP contribution >= 0.6 is 0 Å². The first kappa shape index (κ1) is 28.4. The molecule has 4 rings (SSSR count). The Morgan fingerprint density at radius 3 is 2.33 bits per heavy atom. The molecule has 0 unspecified atom stereocenters. The monoisotopic (exact) mass is 560 g/mol. The highest BCUT2D eigenvalue weighted by Gasteiger charge is 2.28. The second kappa shape index (κ2) is 12.1. The van der Waals surface area contributed by atoms with Crippen LogP contribution < -0.4 is 19.2 Å². The van der Waals surface area contributed by atoms with E-state index in [0.29, 0.717) is 11.5 Å². The summed E-state index contributed by atoms with van der Waals surface area (Å²) in [6.45, 7) is 5.51. The van der Waals surface area contributed by atoms with E-state index in [9.17, 15) is 13.2 Å². The number of carbonyl (C=O) groups is 1. The van der Waals surface area contributed by atoms with Crippen molar-refractivity contribution >= 4 is 27.8 Å². The fourth-order valence-electron chi connectivity index (χ4n) is 4.44. The summed E-state index contributed by atoms with van der Waals surface area (Å²) in [6, 6.07) is 22.7. The van der Waals surface area contributed by atoms with Crippen molar-refractivity contribution in [3.63, 3.8) is 0 Å². The highest BCUT2D eigenvalue weighted by Crippen LogP contribution is 2.33. The molecule has 0 aliphatic rings. The largest absolute Gasteiger partial charge is 0.493 e. The highest BCUT2D eigenvalue weighted by atomic mass is 32.2. The van der Waals surface area contributed by atoms with Crippen LogP contribution in [0.4, 0.5) is 5.69 Å². The number of ether oxygens (including phenoxy) is 2. The normalized spacial score (nSPS) is 11.4. The molecular formula is C30H32N4O5S. The van der Waals surface area contributed by atoms with Gasteiger partial charge in [-0.15, -0.1) is 0 Å². The molecule has 4 aromatic rings. The van der Waals surface area contributed by atoms with Gasteiger partial charge in [0.25, 0.3) is 15.9 Å². The molecule has 208 valence electrons. The number of sulfonamides is 1. The van der Waals surface area contributed by atoms with Crippen LogP contribution in [-0.4, -0.2) is 45.9 Å². The van der Waals surface area contributed by atoms with Gasteiger partial charge in [-0.05, 0) is 68.8 Å². The predicted molar refractivity (Wildman–Crippen MR) is 156 cm³/mol. The van der Waals surface area contributed by atoms with Crippen LogP contribution in [0.25, 0.3) is 5.69 Å². The van der Waals surface area contributed by atoms with Gasteiger partial charge in [-0.2, -0.15) is 5.10 Å². The Morgan fingerprint density at radius 2 is 1.65 bits per heavy atom. The van der Waals surface area contributed by atoms with Crippen molar-refractivity contribution in [2.45, 2.75) is 25.7 Å². The third-order valence-electron chi connectivity index (χ3n) is 6.40. The van der Waals surface area contributed by atoms with Gasteiger partial charge in [-0.3, -0.25) is 9.10 Å².